The van der Waals surface area contributed by atoms with Crippen LogP contribution in [0.2, 0.25) is 10.0 Å². The number of rotatable bonds is 8. The van der Waals surface area contributed by atoms with Crippen molar-refractivity contribution >= 4 is 74.4 Å². The molecule has 6 aromatic rings. The number of benzene rings is 6. The maximum atomic E-state index is 13.9. The third kappa shape index (κ3) is 6.21. The zero-order chi connectivity index (χ0) is 33.2. The number of carbonyl (C=O) groups excluding carboxylic acids is 3. The number of nitrogens with one attached hydrogen (secondary N) is 1. The second kappa shape index (κ2) is 13.2. The molecule has 0 aromatic heterocycles. The maximum absolute atomic E-state index is 13.9. The molecule has 1 aliphatic rings. The number of hydrogen-bond acceptors (Lipinski definition) is 5. The number of barbiturate groups is 1. The first-order valence-corrected chi connectivity index (χ1v) is 15.8. The van der Waals surface area contributed by atoms with Crippen molar-refractivity contribution < 1.29 is 23.9 Å². The molecule has 9 heteroatoms. The van der Waals surface area contributed by atoms with Crippen molar-refractivity contribution in [1.29, 1.82) is 0 Å². The molecule has 1 aliphatic heterocycles. The van der Waals surface area contributed by atoms with Crippen LogP contribution in [0.15, 0.2) is 127 Å². The number of fused-ring (bicyclic) bond motifs is 2. The van der Waals surface area contributed by atoms with E-state index in [2.05, 4.69) is 5.32 Å². The number of nitrogens with zero attached hydrogens (tertiary/aromatic N) is 1. The van der Waals surface area contributed by atoms with Gasteiger partial charge in [-0.3, -0.25) is 14.9 Å². The second-order valence-electron chi connectivity index (χ2n) is 11.1. The monoisotopic (exact) mass is 672 g/mol. The lowest BCUT2D eigenvalue weighted by Gasteiger charge is -2.26. The normalized spacial score (nSPS) is 14.1. The molecule has 4 amide bonds. The van der Waals surface area contributed by atoms with Crippen molar-refractivity contribution in [3.63, 3.8) is 0 Å². The van der Waals surface area contributed by atoms with Crippen molar-refractivity contribution in [2.75, 3.05) is 4.90 Å². The van der Waals surface area contributed by atoms with Gasteiger partial charge in [-0.15, -0.1) is 0 Å². The lowest BCUT2D eigenvalue weighted by molar-refractivity contribution is -0.122. The van der Waals surface area contributed by atoms with Gasteiger partial charge in [0.05, 0.1) is 5.69 Å². The number of imide groups is 2. The number of urea groups is 1. The van der Waals surface area contributed by atoms with E-state index in [-0.39, 0.29) is 24.5 Å². The van der Waals surface area contributed by atoms with Crippen LogP contribution in [0.25, 0.3) is 27.6 Å². The van der Waals surface area contributed by atoms with Gasteiger partial charge >= 0.3 is 6.03 Å². The maximum Gasteiger partial charge on any atom is 0.335 e. The minimum absolute atomic E-state index is 0.190. The summed E-state index contributed by atoms with van der Waals surface area (Å²) in [6, 6.07) is 36.1. The predicted molar refractivity (Wildman–Crippen MR) is 188 cm³/mol. The Morgan fingerprint density at radius 3 is 2.12 bits per heavy atom. The average Bonchev–Trinajstić information content (AvgIpc) is 3.09. The first kappa shape index (κ1) is 31.0. The number of carbonyl (C=O) groups is 3. The summed E-state index contributed by atoms with van der Waals surface area (Å²) >= 11 is 12.2. The molecule has 236 valence electrons. The fraction of sp³-hybridized carbons (Fsp3) is 0.0513. The molecular weight excluding hydrogens is 647 g/mol. The Kier molecular flexibility index (Phi) is 8.55. The van der Waals surface area contributed by atoms with Crippen LogP contribution >= 0.6 is 23.2 Å². The van der Waals surface area contributed by atoms with Crippen molar-refractivity contribution in [3.05, 3.63) is 154 Å². The van der Waals surface area contributed by atoms with Gasteiger partial charge in [-0.2, -0.15) is 0 Å². The minimum atomic E-state index is -0.853. The second-order valence-corrected chi connectivity index (χ2v) is 11.9. The topological polar surface area (TPSA) is 84.9 Å². The highest BCUT2D eigenvalue weighted by Gasteiger charge is 2.37. The number of ether oxygens (including phenoxy) is 2. The fourth-order valence-electron chi connectivity index (χ4n) is 5.65. The van der Waals surface area contributed by atoms with E-state index in [0.29, 0.717) is 27.1 Å². The summed E-state index contributed by atoms with van der Waals surface area (Å²) in [6.07, 6.45) is 1.49. The molecule has 6 aromatic carbocycles. The largest absolute Gasteiger partial charge is 0.489 e. The third-order valence-corrected chi connectivity index (χ3v) is 8.68. The summed E-state index contributed by atoms with van der Waals surface area (Å²) < 4.78 is 12.2. The van der Waals surface area contributed by atoms with Crippen molar-refractivity contribution in [3.8, 4) is 11.5 Å². The van der Waals surface area contributed by atoms with Crippen LogP contribution in [0, 0.1) is 0 Å². The first-order valence-electron chi connectivity index (χ1n) is 15.1. The summed E-state index contributed by atoms with van der Waals surface area (Å²) in [5, 5.41) is 7.16. The van der Waals surface area contributed by atoms with Crippen LogP contribution in [0.1, 0.15) is 16.7 Å². The summed E-state index contributed by atoms with van der Waals surface area (Å²) in [4.78, 5) is 40.9. The van der Waals surface area contributed by atoms with Crippen molar-refractivity contribution in [1.82, 2.24) is 5.32 Å². The Morgan fingerprint density at radius 1 is 0.667 bits per heavy atom. The van der Waals surface area contributed by atoms with Crippen molar-refractivity contribution in [2.45, 2.75) is 13.2 Å². The van der Waals surface area contributed by atoms with Crippen LogP contribution in [-0.2, 0) is 22.8 Å². The number of amides is 4. The Balaban J connectivity index is 1.18. The molecule has 1 fully saturated rings. The molecule has 1 heterocycles. The molecule has 0 aliphatic carbocycles. The standard InChI is InChI=1S/C39H26Cl2N2O5/c40-28-14-12-27(35(41)20-28)23-47-30-17-15-29(16-18-30)43-38(45)34(37(44)42-39(43)46)21-33-32-11-4-2-7-25(32)13-19-36(33)48-22-26-9-5-8-24-6-1-3-10-31(24)26/h1-21H,22-23H2,(H,42,44,46)/b34-21+. The third-order valence-electron chi connectivity index (χ3n) is 8.09. The highest BCUT2D eigenvalue weighted by molar-refractivity contribution is 6.39. The van der Waals surface area contributed by atoms with E-state index in [1.165, 1.54) is 6.08 Å². The lowest BCUT2D eigenvalue weighted by atomic mass is 9.99. The molecule has 1 saturated heterocycles. The van der Waals surface area contributed by atoms with Crippen molar-refractivity contribution in [2.24, 2.45) is 0 Å². The van der Waals surface area contributed by atoms with Crippen LogP contribution in [0.3, 0.4) is 0 Å². The quantitative estimate of drug-likeness (QED) is 0.129. The molecule has 7 rings (SSSR count). The van der Waals surface area contributed by atoms with Gasteiger partial charge in [-0.25, -0.2) is 9.69 Å². The highest BCUT2D eigenvalue weighted by Crippen LogP contribution is 2.33. The molecule has 48 heavy (non-hydrogen) atoms. The average molecular weight is 674 g/mol. The molecular formula is C39H26Cl2N2O5. The van der Waals surface area contributed by atoms with Gasteiger partial charge < -0.3 is 9.47 Å². The number of hydrogen-bond donors (Lipinski definition) is 1. The van der Waals surface area contributed by atoms with E-state index in [4.69, 9.17) is 32.7 Å². The van der Waals surface area contributed by atoms with Gasteiger partial charge in [-0.1, -0.05) is 102 Å². The summed E-state index contributed by atoms with van der Waals surface area (Å²) in [5.74, 6) is -0.585. The van der Waals surface area contributed by atoms with E-state index < -0.39 is 17.8 Å². The molecule has 0 unspecified atom stereocenters. The summed E-state index contributed by atoms with van der Waals surface area (Å²) in [7, 11) is 0. The number of anilines is 1. The van der Waals surface area contributed by atoms with Gasteiger partial charge in [0.1, 0.15) is 30.3 Å². The molecule has 0 radical (unpaired) electrons. The summed E-state index contributed by atoms with van der Waals surface area (Å²) in [6.45, 7) is 0.453. The summed E-state index contributed by atoms with van der Waals surface area (Å²) in [5.41, 5.74) is 2.34. The van der Waals surface area contributed by atoms with Crippen LogP contribution < -0.4 is 19.7 Å². The highest BCUT2D eigenvalue weighted by atomic mass is 35.5. The van der Waals surface area contributed by atoms with Crippen LogP contribution in [-0.4, -0.2) is 17.8 Å². The first-order chi connectivity index (χ1) is 23.4. The molecule has 0 atom stereocenters. The van der Waals surface area contributed by atoms with E-state index in [1.54, 1.807) is 42.5 Å². The zero-order valence-electron chi connectivity index (χ0n) is 25.3. The Labute approximate surface area is 285 Å². The van der Waals surface area contributed by atoms with Gasteiger partial charge in [0.25, 0.3) is 11.8 Å². The van der Waals surface area contributed by atoms with Crippen LogP contribution in [0.4, 0.5) is 10.5 Å². The Morgan fingerprint density at radius 2 is 1.35 bits per heavy atom. The minimum Gasteiger partial charge on any atom is -0.489 e. The molecule has 0 saturated carbocycles. The van der Waals surface area contributed by atoms with E-state index in [0.717, 1.165) is 37.6 Å². The molecule has 0 spiro atoms. The van der Waals surface area contributed by atoms with Gasteiger partial charge in [-0.05, 0) is 75.6 Å². The van der Waals surface area contributed by atoms with E-state index in [9.17, 15) is 14.4 Å². The molecule has 7 nitrogen and oxygen atoms in total. The smallest absolute Gasteiger partial charge is 0.335 e. The van der Waals surface area contributed by atoms with E-state index >= 15 is 0 Å². The number of halogens is 2. The molecule has 0 bridgehead atoms. The SMILES string of the molecule is O=C1NC(=O)N(c2ccc(OCc3ccc(Cl)cc3Cl)cc2)C(=O)/C1=C/c1c(OCc2cccc3ccccc23)ccc2ccccc12. The van der Waals surface area contributed by atoms with E-state index in [1.807, 2.05) is 78.9 Å². The van der Waals surface area contributed by atoms with Gasteiger partial charge in [0.15, 0.2) is 0 Å². The fourth-order valence-corrected chi connectivity index (χ4v) is 6.11. The predicted octanol–water partition coefficient (Wildman–Crippen LogP) is 9.12. The Hall–Kier alpha value is -5.63. The zero-order valence-corrected chi connectivity index (χ0v) is 26.8. The van der Waals surface area contributed by atoms with Crippen LogP contribution in [0.5, 0.6) is 11.5 Å². The molecule has 1 N–H and O–H groups in total. The Bertz CT molecular complexity index is 2260. The lowest BCUT2D eigenvalue weighted by Crippen LogP contribution is -2.54. The van der Waals surface area contributed by atoms with Gasteiger partial charge in [0, 0.05) is 21.2 Å². The van der Waals surface area contributed by atoms with Gasteiger partial charge in [0.2, 0.25) is 0 Å².